The summed E-state index contributed by atoms with van der Waals surface area (Å²) < 4.78 is 25.6. The highest BCUT2D eigenvalue weighted by atomic mass is 32.2. The van der Waals surface area contributed by atoms with Crippen molar-refractivity contribution in [3.8, 4) is 0 Å². The summed E-state index contributed by atoms with van der Waals surface area (Å²) in [5.41, 5.74) is 2.60. The predicted molar refractivity (Wildman–Crippen MR) is 107 cm³/mol. The van der Waals surface area contributed by atoms with Crippen molar-refractivity contribution in [2.75, 3.05) is 10.6 Å². The summed E-state index contributed by atoms with van der Waals surface area (Å²) in [6, 6.07) is 25.7. The zero-order valence-corrected chi connectivity index (χ0v) is 15.2. The molecule has 5 heteroatoms. The Bertz CT molecular complexity index is 938. The average Bonchev–Trinajstić information content (AvgIpc) is 2.63. The van der Waals surface area contributed by atoms with Gasteiger partial charge in [0, 0.05) is 11.4 Å². The second-order valence-electron chi connectivity index (χ2n) is 5.87. The van der Waals surface area contributed by atoms with Crippen molar-refractivity contribution in [3.05, 3.63) is 102 Å². The maximum atomic E-state index is 12.8. The molecule has 132 valence electrons. The molecule has 0 aromatic heterocycles. The van der Waals surface area contributed by atoms with Gasteiger partial charge < -0.3 is 10.6 Å². The highest BCUT2D eigenvalue weighted by Gasteiger charge is 2.13. The highest BCUT2D eigenvalue weighted by Crippen LogP contribution is 2.18. The molecule has 26 heavy (non-hydrogen) atoms. The standard InChI is InChI=1S/C21H20N2O2S/c1-17-12-14-20(15-13-17)26(24,25)16-21(22-18-8-4-2-5-9-18)23-19-10-6-3-7-11-19/h2-16,22-23H,1H3. The van der Waals surface area contributed by atoms with Gasteiger partial charge in [0.05, 0.1) is 10.3 Å². The maximum absolute atomic E-state index is 12.8. The van der Waals surface area contributed by atoms with E-state index in [4.69, 9.17) is 0 Å². The minimum atomic E-state index is -3.60. The average molecular weight is 364 g/mol. The number of rotatable bonds is 6. The monoisotopic (exact) mass is 364 g/mol. The van der Waals surface area contributed by atoms with Crippen LogP contribution in [0, 0.1) is 6.92 Å². The van der Waals surface area contributed by atoms with Gasteiger partial charge in [0.1, 0.15) is 5.82 Å². The number of anilines is 2. The summed E-state index contributed by atoms with van der Waals surface area (Å²) in [5, 5.41) is 7.49. The molecule has 3 aromatic carbocycles. The number of para-hydroxylation sites is 2. The summed E-state index contributed by atoms with van der Waals surface area (Å²) >= 11 is 0. The molecule has 3 aromatic rings. The lowest BCUT2D eigenvalue weighted by Crippen LogP contribution is -2.12. The first kappa shape index (κ1) is 17.8. The molecule has 0 aliphatic carbocycles. The molecule has 0 radical (unpaired) electrons. The normalized spacial score (nSPS) is 10.8. The van der Waals surface area contributed by atoms with Crippen molar-refractivity contribution in [1.82, 2.24) is 0 Å². The van der Waals surface area contributed by atoms with Gasteiger partial charge in [-0.15, -0.1) is 0 Å². The zero-order chi connectivity index (χ0) is 18.4. The van der Waals surface area contributed by atoms with E-state index in [1.54, 1.807) is 24.3 Å². The van der Waals surface area contributed by atoms with E-state index in [2.05, 4.69) is 10.6 Å². The molecule has 0 amide bonds. The third-order valence-electron chi connectivity index (χ3n) is 3.73. The van der Waals surface area contributed by atoms with E-state index in [9.17, 15) is 8.42 Å². The fraction of sp³-hybridized carbons (Fsp3) is 0.0476. The molecular weight excluding hydrogens is 344 g/mol. The van der Waals surface area contributed by atoms with E-state index in [-0.39, 0.29) is 4.90 Å². The molecule has 0 saturated carbocycles. The third-order valence-corrected chi connectivity index (χ3v) is 5.20. The first-order chi connectivity index (χ1) is 12.5. The summed E-state index contributed by atoms with van der Waals surface area (Å²) in [7, 11) is -3.60. The van der Waals surface area contributed by atoms with Crippen LogP contribution >= 0.6 is 0 Å². The van der Waals surface area contributed by atoms with Gasteiger partial charge in [0.2, 0.25) is 9.84 Å². The summed E-state index contributed by atoms with van der Waals surface area (Å²) in [5.74, 6) is 0.378. The van der Waals surface area contributed by atoms with Gasteiger partial charge in [-0.3, -0.25) is 0 Å². The molecule has 0 bridgehead atoms. The Hall–Kier alpha value is -3.05. The van der Waals surface area contributed by atoms with E-state index >= 15 is 0 Å². The van der Waals surface area contributed by atoms with Crippen molar-refractivity contribution in [2.45, 2.75) is 11.8 Å². The van der Waals surface area contributed by atoms with Crippen LogP contribution < -0.4 is 10.6 Å². The van der Waals surface area contributed by atoms with Crippen LogP contribution in [0.1, 0.15) is 5.56 Å². The molecule has 0 aliphatic rings. The van der Waals surface area contributed by atoms with Crippen LogP contribution in [0.2, 0.25) is 0 Å². The predicted octanol–water partition coefficient (Wildman–Crippen LogP) is 4.79. The quantitative estimate of drug-likeness (QED) is 0.660. The van der Waals surface area contributed by atoms with Gasteiger partial charge >= 0.3 is 0 Å². The van der Waals surface area contributed by atoms with Crippen LogP contribution in [-0.2, 0) is 9.84 Å². The lowest BCUT2D eigenvalue weighted by Gasteiger charge is -2.14. The zero-order valence-electron chi connectivity index (χ0n) is 14.4. The van der Waals surface area contributed by atoms with E-state index in [1.165, 1.54) is 5.41 Å². The van der Waals surface area contributed by atoms with Crippen LogP contribution in [0.25, 0.3) is 0 Å². The number of hydrogen-bond donors (Lipinski definition) is 2. The van der Waals surface area contributed by atoms with Crippen LogP contribution in [0.15, 0.2) is 101 Å². The second-order valence-corrected chi connectivity index (χ2v) is 7.67. The Kier molecular flexibility index (Phi) is 5.39. The second kappa shape index (κ2) is 7.89. The Morgan fingerprint density at radius 3 is 1.65 bits per heavy atom. The summed E-state index contributed by atoms with van der Waals surface area (Å²) in [4.78, 5) is 0.255. The molecule has 0 atom stereocenters. The van der Waals surface area contributed by atoms with E-state index < -0.39 is 9.84 Å². The molecular formula is C21H20N2O2S. The molecule has 3 rings (SSSR count). The number of nitrogens with one attached hydrogen (secondary N) is 2. The molecule has 2 N–H and O–H groups in total. The largest absolute Gasteiger partial charge is 0.341 e. The van der Waals surface area contributed by atoms with Gasteiger partial charge in [-0.2, -0.15) is 0 Å². The topological polar surface area (TPSA) is 58.2 Å². The van der Waals surface area contributed by atoms with E-state index in [0.29, 0.717) is 5.82 Å². The van der Waals surface area contributed by atoms with Gasteiger partial charge in [0.25, 0.3) is 0 Å². The molecule has 0 unspecified atom stereocenters. The smallest absolute Gasteiger partial charge is 0.203 e. The first-order valence-electron chi connectivity index (χ1n) is 8.20. The van der Waals surface area contributed by atoms with E-state index in [1.807, 2.05) is 67.6 Å². The molecule has 0 spiro atoms. The third kappa shape index (κ3) is 4.74. The Balaban J connectivity index is 1.95. The molecule has 0 fully saturated rings. The fourth-order valence-electron chi connectivity index (χ4n) is 2.40. The lowest BCUT2D eigenvalue weighted by molar-refractivity contribution is 0.604. The van der Waals surface area contributed by atoms with E-state index in [0.717, 1.165) is 16.9 Å². The number of hydrogen-bond acceptors (Lipinski definition) is 4. The minimum absolute atomic E-state index is 0.255. The Labute approximate surface area is 154 Å². The van der Waals surface area contributed by atoms with Crippen molar-refractivity contribution in [3.63, 3.8) is 0 Å². The number of benzene rings is 3. The summed E-state index contributed by atoms with van der Waals surface area (Å²) in [6.45, 7) is 1.92. The fourth-order valence-corrected chi connectivity index (χ4v) is 3.47. The number of aryl methyl sites for hydroxylation is 1. The van der Waals surface area contributed by atoms with Crippen LogP contribution in [0.4, 0.5) is 11.4 Å². The summed E-state index contributed by atoms with van der Waals surface area (Å²) in [6.07, 6.45) is 0. The molecule has 0 saturated heterocycles. The van der Waals surface area contributed by atoms with Crippen molar-refractivity contribution in [2.24, 2.45) is 0 Å². The van der Waals surface area contributed by atoms with Crippen LogP contribution in [-0.4, -0.2) is 8.42 Å². The van der Waals surface area contributed by atoms with Gasteiger partial charge in [-0.25, -0.2) is 8.42 Å². The molecule has 0 heterocycles. The van der Waals surface area contributed by atoms with Crippen molar-refractivity contribution in [1.29, 1.82) is 0 Å². The Morgan fingerprint density at radius 2 is 1.19 bits per heavy atom. The van der Waals surface area contributed by atoms with Crippen LogP contribution in [0.5, 0.6) is 0 Å². The molecule has 4 nitrogen and oxygen atoms in total. The van der Waals surface area contributed by atoms with Crippen molar-refractivity contribution >= 4 is 21.2 Å². The first-order valence-corrected chi connectivity index (χ1v) is 9.75. The SMILES string of the molecule is Cc1ccc(S(=O)(=O)C=C(Nc2ccccc2)Nc2ccccc2)cc1. The number of sulfone groups is 1. The molecule has 0 aliphatic heterocycles. The van der Waals surface area contributed by atoms with Crippen molar-refractivity contribution < 1.29 is 8.42 Å². The van der Waals surface area contributed by atoms with Crippen LogP contribution in [0.3, 0.4) is 0 Å². The van der Waals surface area contributed by atoms with Gasteiger partial charge in [-0.05, 0) is 43.3 Å². The van der Waals surface area contributed by atoms with Gasteiger partial charge in [0.15, 0.2) is 0 Å². The maximum Gasteiger partial charge on any atom is 0.203 e. The highest BCUT2D eigenvalue weighted by molar-refractivity contribution is 7.94. The van der Waals surface area contributed by atoms with Gasteiger partial charge in [-0.1, -0.05) is 54.1 Å². The Morgan fingerprint density at radius 1 is 0.731 bits per heavy atom. The lowest BCUT2D eigenvalue weighted by atomic mass is 10.2. The minimum Gasteiger partial charge on any atom is -0.341 e.